The van der Waals surface area contributed by atoms with Crippen molar-refractivity contribution in [1.29, 1.82) is 0 Å². The topological polar surface area (TPSA) is 43.4 Å². The molecule has 1 unspecified atom stereocenters. The molecular formula is C27H44O3. The Labute approximate surface area is 185 Å². The molecule has 30 heavy (non-hydrogen) atoms. The third-order valence-electron chi connectivity index (χ3n) is 6.03. The van der Waals surface area contributed by atoms with Gasteiger partial charge in [-0.2, -0.15) is 0 Å². The van der Waals surface area contributed by atoms with E-state index < -0.39 is 5.92 Å². The number of para-hydroxylation sites is 1. The molecule has 1 rings (SSSR count). The Balaban J connectivity index is 2.14. The van der Waals surface area contributed by atoms with Gasteiger partial charge in [-0.1, -0.05) is 109 Å². The highest BCUT2D eigenvalue weighted by atomic mass is 16.5. The lowest BCUT2D eigenvalue weighted by Crippen LogP contribution is -2.22. The van der Waals surface area contributed by atoms with Gasteiger partial charge in [0.15, 0.2) is 5.78 Å². The van der Waals surface area contributed by atoms with Crippen molar-refractivity contribution < 1.29 is 14.3 Å². The fourth-order valence-electron chi connectivity index (χ4n) is 4.10. The number of hydrogen-bond donors (Lipinski definition) is 0. The van der Waals surface area contributed by atoms with Crippen LogP contribution in [0.15, 0.2) is 24.3 Å². The van der Waals surface area contributed by atoms with Gasteiger partial charge >= 0.3 is 0 Å². The Bertz CT molecular complexity index is 594. The van der Waals surface area contributed by atoms with Crippen LogP contribution in [0.4, 0.5) is 0 Å². The number of Topliss-reactive ketones (excluding diaryl/α,β-unsaturated/α-hetero) is 2. The SMILES string of the molecule is CCCCCCCCCCCCCCCCC(C(C)=O)C(=O)c1ccccc1OC. The predicted molar refractivity (Wildman–Crippen MR) is 126 cm³/mol. The molecule has 1 atom stereocenters. The van der Waals surface area contributed by atoms with E-state index in [1.165, 1.54) is 84.0 Å². The summed E-state index contributed by atoms with van der Waals surface area (Å²) in [6, 6.07) is 7.19. The third kappa shape index (κ3) is 10.9. The molecule has 0 aliphatic heterocycles. The molecule has 0 radical (unpaired) electrons. The maximum atomic E-state index is 12.8. The van der Waals surface area contributed by atoms with E-state index in [1.54, 1.807) is 19.2 Å². The molecule has 3 heteroatoms. The zero-order valence-corrected chi connectivity index (χ0v) is 19.7. The van der Waals surface area contributed by atoms with E-state index in [-0.39, 0.29) is 11.6 Å². The molecular weight excluding hydrogens is 372 g/mol. The highest BCUT2D eigenvalue weighted by Gasteiger charge is 2.26. The van der Waals surface area contributed by atoms with Gasteiger partial charge in [0.05, 0.1) is 18.6 Å². The van der Waals surface area contributed by atoms with Gasteiger partial charge in [0.2, 0.25) is 0 Å². The van der Waals surface area contributed by atoms with E-state index in [9.17, 15) is 9.59 Å². The number of hydrogen-bond acceptors (Lipinski definition) is 3. The molecule has 0 bridgehead atoms. The van der Waals surface area contributed by atoms with E-state index >= 15 is 0 Å². The minimum Gasteiger partial charge on any atom is -0.496 e. The summed E-state index contributed by atoms with van der Waals surface area (Å²) >= 11 is 0. The van der Waals surface area contributed by atoms with Crippen LogP contribution in [0.5, 0.6) is 5.75 Å². The minimum atomic E-state index is -0.543. The predicted octanol–water partition coefficient (Wildman–Crippen LogP) is 7.95. The molecule has 1 aromatic rings. The molecule has 0 N–H and O–H groups in total. The largest absolute Gasteiger partial charge is 0.496 e. The Morgan fingerprint density at radius 3 is 1.70 bits per heavy atom. The van der Waals surface area contributed by atoms with Crippen molar-refractivity contribution in [1.82, 2.24) is 0 Å². The second-order valence-corrected chi connectivity index (χ2v) is 8.61. The number of carbonyl (C=O) groups excluding carboxylic acids is 2. The minimum absolute atomic E-state index is 0.0411. The van der Waals surface area contributed by atoms with Crippen LogP contribution in [0.25, 0.3) is 0 Å². The van der Waals surface area contributed by atoms with E-state index in [0.717, 1.165) is 12.8 Å². The lowest BCUT2D eigenvalue weighted by atomic mass is 9.89. The maximum Gasteiger partial charge on any atom is 0.177 e. The number of carbonyl (C=O) groups is 2. The lowest BCUT2D eigenvalue weighted by Gasteiger charge is -2.15. The first kappa shape index (κ1) is 26.4. The average molecular weight is 417 g/mol. The molecule has 0 aromatic heterocycles. The van der Waals surface area contributed by atoms with Gasteiger partial charge in [-0.15, -0.1) is 0 Å². The number of ketones is 2. The molecule has 0 aliphatic carbocycles. The van der Waals surface area contributed by atoms with Crippen molar-refractivity contribution in [3.63, 3.8) is 0 Å². The number of ether oxygens (including phenoxy) is 1. The summed E-state index contributed by atoms with van der Waals surface area (Å²) in [4.78, 5) is 24.9. The quantitative estimate of drug-likeness (QED) is 0.130. The first-order valence-electron chi connectivity index (χ1n) is 12.3. The van der Waals surface area contributed by atoms with Crippen LogP contribution in [0.2, 0.25) is 0 Å². The number of rotatable bonds is 19. The average Bonchev–Trinajstić information content (AvgIpc) is 2.75. The van der Waals surface area contributed by atoms with Gasteiger partial charge in [0.25, 0.3) is 0 Å². The molecule has 0 heterocycles. The monoisotopic (exact) mass is 416 g/mol. The van der Waals surface area contributed by atoms with Crippen LogP contribution in [0.3, 0.4) is 0 Å². The van der Waals surface area contributed by atoms with Gasteiger partial charge in [-0.05, 0) is 25.5 Å². The molecule has 0 saturated carbocycles. The zero-order chi connectivity index (χ0) is 22.0. The van der Waals surface area contributed by atoms with E-state index in [0.29, 0.717) is 17.7 Å². The fourth-order valence-corrected chi connectivity index (χ4v) is 4.10. The van der Waals surface area contributed by atoms with E-state index in [4.69, 9.17) is 4.74 Å². The van der Waals surface area contributed by atoms with Crippen molar-refractivity contribution in [2.75, 3.05) is 7.11 Å². The number of benzene rings is 1. The Morgan fingerprint density at radius 2 is 1.23 bits per heavy atom. The van der Waals surface area contributed by atoms with Gasteiger partial charge in [0, 0.05) is 0 Å². The summed E-state index contributed by atoms with van der Waals surface area (Å²) in [7, 11) is 1.56. The van der Waals surface area contributed by atoms with E-state index in [1.807, 2.05) is 12.1 Å². The van der Waals surface area contributed by atoms with Crippen LogP contribution < -0.4 is 4.74 Å². The van der Waals surface area contributed by atoms with Crippen LogP contribution >= 0.6 is 0 Å². The molecule has 0 fully saturated rings. The first-order chi connectivity index (χ1) is 14.6. The molecule has 3 nitrogen and oxygen atoms in total. The molecule has 1 aromatic carbocycles. The van der Waals surface area contributed by atoms with Gasteiger partial charge < -0.3 is 4.74 Å². The highest BCUT2D eigenvalue weighted by Crippen LogP contribution is 2.24. The second kappa shape index (κ2) is 17.1. The highest BCUT2D eigenvalue weighted by molar-refractivity contribution is 6.11. The molecule has 0 saturated heterocycles. The normalized spacial score (nSPS) is 12.0. The standard InChI is InChI=1S/C27H44O3/c1-4-5-6-7-8-9-10-11-12-13-14-15-16-17-20-24(23(2)28)27(29)25-21-18-19-22-26(25)30-3/h18-19,21-22,24H,4-17,20H2,1-3H3. The molecule has 170 valence electrons. The fraction of sp³-hybridized carbons (Fsp3) is 0.704. The van der Waals surface area contributed by atoms with Crippen molar-refractivity contribution in [3.05, 3.63) is 29.8 Å². The van der Waals surface area contributed by atoms with Crippen molar-refractivity contribution in [2.45, 2.75) is 110 Å². The van der Waals surface area contributed by atoms with Gasteiger partial charge in [-0.3, -0.25) is 9.59 Å². The molecule has 0 amide bonds. The summed E-state index contributed by atoms with van der Waals surface area (Å²) in [5, 5.41) is 0. The third-order valence-corrected chi connectivity index (χ3v) is 6.03. The van der Waals surface area contributed by atoms with Crippen molar-refractivity contribution >= 4 is 11.6 Å². The van der Waals surface area contributed by atoms with Crippen LogP contribution in [0, 0.1) is 5.92 Å². The van der Waals surface area contributed by atoms with Crippen molar-refractivity contribution in [2.24, 2.45) is 5.92 Å². The van der Waals surface area contributed by atoms with Crippen LogP contribution in [-0.4, -0.2) is 18.7 Å². The van der Waals surface area contributed by atoms with Gasteiger partial charge in [0.1, 0.15) is 11.5 Å². The smallest absolute Gasteiger partial charge is 0.177 e. The molecule has 0 spiro atoms. The summed E-state index contributed by atoms with van der Waals surface area (Å²) in [5.74, 6) is -0.136. The van der Waals surface area contributed by atoms with Crippen LogP contribution in [-0.2, 0) is 4.79 Å². The summed E-state index contributed by atoms with van der Waals surface area (Å²) in [5.41, 5.74) is 0.519. The summed E-state index contributed by atoms with van der Waals surface area (Å²) < 4.78 is 5.29. The van der Waals surface area contributed by atoms with E-state index in [2.05, 4.69) is 6.92 Å². The summed E-state index contributed by atoms with van der Waals surface area (Å²) in [6.07, 6.45) is 18.9. The number of methoxy groups -OCH3 is 1. The van der Waals surface area contributed by atoms with Crippen molar-refractivity contribution in [3.8, 4) is 5.75 Å². The van der Waals surface area contributed by atoms with Gasteiger partial charge in [-0.25, -0.2) is 0 Å². The Hall–Kier alpha value is -1.64. The maximum absolute atomic E-state index is 12.8. The summed E-state index contributed by atoms with van der Waals surface area (Å²) in [6.45, 7) is 3.80. The zero-order valence-electron chi connectivity index (χ0n) is 19.7. The number of unbranched alkanes of at least 4 members (excludes halogenated alkanes) is 13. The Morgan fingerprint density at radius 1 is 0.767 bits per heavy atom. The van der Waals surface area contributed by atoms with Crippen LogP contribution in [0.1, 0.15) is 121 Å². The second-order valence-electron chi connectivity index (χ2n) is 8.61. The lowest BCUT2D eigenvalue weighted by molar-refractivity contribution is -0.119. The molecule has 0 aliphatic rings. The first-order valence-corrected chi connectivity index (χ1v) is 12.3. The Kier molecular flexibility index (Phi) is 15.0.